The van der Waals surface area contributed by atoms with Gasteiger partial charge in [0.2, 0.25) is 0 Å². The largest absolute Gasteiger partial charge is 0.394 e. The van der Waals surface area contributed by atoms with Crippen LogP contribution in [0.2, 0.25) is 0 Å². The molecule has 1 saturated carbocycles. The van der Waals surface area contributed by atoms with E-state index in [1.807, 2.05) is 0 Å². The quantitative estimate of drug-likeness (QED) is 0.175. The molecule has 0 aromatic heterocycles. The first-order chi connectivity index (χ1) is 16.2. The molecule has 0 unspecified atom stereocenters. The fraction of sp³-hybridized carbons (Fsp3) is 1.00. The Morgan fingerprint density at radius 3 is 2.15 bits per heavy atom. The van der Waals surface area contributed by atoms with E-state index < -0.39 is 98.4 Å². The molecular weight excluding hydrogens is 460 g/mol. The van der Waals surface area contributed by atoms with E-state index in [4.69, 9.17) is 51.4 Å². The van der Waals surface area contributed by atoms with Crippen LogP contribution < -0.4 is 22.9 Å². The van der Waals surface area contributed by atoms with Crippen LogP contribution in [0, 0.1) is 0 Å². The molecule has 1 aliphatic carbocycles. The third-order valence-electron chi connectivity index (χ3n) is 6.95. The number of aliphatic hydroxyl groups is 5. The number of aliphatic hydroxyl groups excluding tert-OH is 5. The van der Waals surface area contributed by atoms with E-state index >= 15 is 0 Å². The van der Waals surface area contributed by atoms with E-state index in [0.29, 0.717) is 0 Å². The molecule has 4 fully saturated rings. The molecule has 0 radical (unpaired) electrons. The highest BCUT2D eigenvalue weighted by Crippen LogP contribution is 2.34. The molecule has 15 heteroatoms. The molecule has 0 bridgehead atoms. The highest BCUT2D eigenvalue weighted by atomic mass is 16.8. The van der Waals surface area contributed by atoms with E-state index in [1.165, 1.54) is 0 Å². The molecule has 15 nitrogen and oxygen atoms in total. The highest BCUT2D eigenvalue weighted by molar-refractivity contribution is 5.02. The van der Waals surface area contributed by atoms with Crippen LogP contribution in [0.3, 0.4) is 0 Å². The average Bonchev–Trinajstić information content (AvgIpc) is 2.80. The van der Waals surface area contributed by atoms with E-state index in [1.54, 1.807) is 0 Å². The molecule has 3 aliphatic heterocycles. The Morgan fingerprint density at radius 1 is 0.765 bits per heavy atom. The van der Waals surface area contributed by atoms with Crippen molar-refractivity contribution in [1.82, 2.24) is 0 Å². The average molecular weight is 497 g/mol. The van der Waals surface area contributed by atoms with Crippen molar-refractivity contribution < 1.29 is 54.0 Å². The van der Waals surface area contributed by atoms with Crippen molar-refractivity contribution in [2.45, 2.75) is 98.2 Å². The lowest BCUT2D eigenvalue weighted by molar-refractivity contribution is -0.370. The maximum absolute atomic E-state index is 10.5. The summed E-state index contributed by atoms with van der Waals surface area (Å²) in [7, 11) is 0. The maximum Gasteiger partial charge on any atom is 0.187 e. The molecule has 34 heavy (non-hydrogen) atoms. The van der Waals surface area contributed by atoms with Gasteiger partial charge in [-0.05, 0) is 6.42 Å². The van der Waals surface area contributed by atoms with Gasteiger partial charge in [-0.15, -0.1) is 0 Å². The third-order valence-corrected chi connectivity index (χ3v) is 6.95. The van der Waals surface area contributed by atoms with Gasteiger partial charge in [0, 0.05) is 18.6 Å². The van der Waals surface area contributed by atoms with Crippen LogP contribution in [0.1, 0.15) is 6.42 Å². The summed E-state index contributed by atoms with van der Waals surface area (Å²) in [4.78, 5) is 0. The van der Waals surface area contributed by atoms with Crippen molar-refractivity contribution in [2.75, 3.05) is 19.9 Å². The van der Waals surface area contributed by atoms with Gasteiger partial charge in [-0.2, -0.15) is 0 Å². The highest BCUT2D eigenvalue weighted by Gasteiger charge is 2.54. The van der Waals surface area contributed by atoms with Crippen molar-refractivity contribution in [3.63, 3.8) is 0 Å². The number of hydrogen-bond acceptors (Lipinski definition) is 15. The first-order valence-electron chi connectivity index (χ1n) is 11.3. The smallest absolute Gasteiger partial charge is 0.187 e. The van der Waals surface area contributed by atoms with Gasteiger partial charge in [0.05, 0.1) is 12.6 Å². The van der Waals surface area contributed by atoms with Gasteiger partial charge in [0.15, 0.2) is 12.6 Å². The Hall–Kier alpha value is -0.600. The summed E-state index contributed by atoms with van der Waals surface area (Å²) in [6.45, 7) is -0.941. The van der Waals surface area contributed by atoms with Crippen LogP contribution in [0.5, 0.6) is 0 Å². The molecule has 4 aliphatic rings. The van der Waals surface area contributed by atoms with Gasteiger partial charge in [0.1, 0.15) is 67.8 Å². The molecule has 0 amide bonds. The number of hydrogen-bond donors (Lipinski definition) is 9. The van der Waals surface area contributed by atoms with Crippen LogP contribution in [-0.4, -0.2) is 137 Å². The molecule has 0 aromatic rings. The van der Waals surface area contributed by atoms with Crippen LogP contribution in [0.15, 0.2) is 0 Å². The van der Waals surface area contributed by atoms with Crippen LogP contribution in [0.25, 0.3) is 0 Å². The molecule has 198 valence electrons. The van der Waals surface area contributed by atoms with Crippen LogP contribution in [-0.2, 0) is 28.4 Å². The third kappa shape index (κ3) is 4.84. The van der Waals surface area contributed by atoms with Crippen molar-refractivity contribution in [1.29, 1.82) is 0 Å². The van der Waals surface area contributed by atoms with Crippen molar-refractivity contribution in [3.8, 4) is 0 Å². The van der Waals surface area contributed by atoms with Gasteiger partial charge >= 0.3 is 0 Å². The van der Waals surface area contributed by atoms with Crippen molar-refractivity contribution in [3.05, 3.63) is 0 Å². The molecule has 3 saturated heterocycles. The second kappa shape index (κ2) is 10.8. The monoisotopic (exact) mass is 496 g/mol. The summed E-state index contributed by atoms with van der Waals surface area (Å²) in [5, 5.41) is 50.7. The van der Waals surface area contributed by atoms with Gasteiger partial charge in [-0.3, -0.25) is 0 Å². The summed E-state index contributed by atoms with van der Waals surface area (Å²) >= 11 is 0. The lowest BCUT2D eigenvalue weighted by atomic mass is 9.84. The van der Waals surface area contributed by atoms with Crippen LogP contribution in [0.4, 0.5) is 0 Å². The molecular formula is C19H36N4O11. The summed E-state index contributed by atoms with van der Waals surface area (Å²) in [5.41, 5.74) is 24.1. The minimum Gasteiger partial charge on any atom is -0.394 e. The topological polar surface area (TPSA) is 261 Å². The first kappa shape index (κ1) is 26.5. The zero-order chi connectivity index (χ0) is 24.7. The normalized spacial score (nSPS) is 54.4. The molecule has 3 heterocycles. The lowest BCUT2D eigenvalue weighted by Gasteiger charge is -2.51. The Balaban J connectivity index is 1.53. The second-order valence-electron chi connectivity index (χ2n) is 9.19. The first-order valence-corrected chi connectivity index (χ1v) is 11.3. The lowest BCUT2D eigenvalue weighted by Crippen LogP contribution is -2.70. The van der Waals surface area contributed by atoms with Gasteiger partial charge in [-0.25, -0.2) is 0 Å². The number of rotatable bonds is 4. The minimum absolute atomic E-state index is 0.0624. The number of nitrogens with two attached hydrogens (primary N) is 4. The number of ether oxygens (including phenoxy) is 6. The Kier molecular flexibility index (Phi) is 8.40. The van der Waals surface area contributed by atoms with Crippen LogP contribution >= 0.6 is 0 Å². The molecule has 15 atom stereocenters. The Bertz CT molecular complexity index is 680. The van der Waals surface area contributed by atoms with Gasteiger partial charge < -0.3 is 76.9 Å². The van der Waals surface area contributed by atoms with Crippen molar-refractivity contribution in [2.24, 2.45) is 22.9 Å². The van der Waals surface area contributed by atoms with Gasteiger partial charge in [0.25, 0.3) is 0 Å². The van der Waals surface area contributed by atoms with Gasteiger partial charge in [-0.1, -0.05) is 0 Å². The summed E-state index contributed by atoms with van der Waals surface area (Å²) in [6.07, 6.45) is -13.2. The van der Waals surface area contributed by atoms with E-state index in [0.717, 1.165) is 0 Å². The predicted octanol–water partition coefficient (Wildman–Crippen LogP) is -6.27. The van der Waals surface area contributed by atoms with E-state index in [-0.39, 0.29) is 19.8 Å². The van der Waals surface area contributed by atoms with E-state index in [2.05, 4.69) is 0 Å². The number of fused-ring (bicyclic) bond motifs is 2. The molecule has 13 N–H and O–H groups in total. The fourth-order valence-corrected chi connectivity index (χ4v) is 4.92. The summed E-state index contributed by atoms with van der Waals surface area (Å²) < 4.78 is 34.7. The predicted molar refractivity (Wildman–Crippen MR) is 110 cm³/mol. The van der Waals surface area contributed by atoms with E-state index in [9.17, 15) is 25.5 Å². The fourth-order valence-electron chi connectivity index (χ4n) is 4.92. The summed E-state index contributed by atoms with van der Waals surface area (Å²) in [6, 6.07) is -2.42. The standard InChI is InChI=1S/C19H36N4O11/c20-2-7-11(26)13(28)16-19(31-7)34-15-6(22)1-5(21)14(17(15)30-4-29-16)33-18-12(27)9(23)10(25)8(3-24)32-18/h5-19,24-28H,1-4,20-23H2/t5-,6+,7-,8-,9+,10-,11-,12-,13+,14+,15-,16-,17-,18-,19-/m1/s1. The minimum atomic E-state index is -1.42. The molecule has 4 rings (SSSR count). The zero-order valence-corrected chi connectivity index (χ0v) is 18.5. The van der Waals surface area contributed by atoms with Crippen molar-refractivity contribution >= 4 is 0 Å². The molecule has 0 spiro atoms. The zero-order valence-electron chi connectivity index (χ0n) is 18.5. The molecule has 0 aromatic carbocycles. The summed E-state index contributed by atoms with van der Waals surface area (Å²) in [5.74, 6) is 0. The second-order valence-corrected chi connectivity index (χ2v) is 9.19. The Morgan fingerprint density at radius 2 is 1.47 bits per heavy atom. The SMILES string of the molecule is NC[C@H]1O[C@@H]2O[C@H]3[C@H](OCO[C@@H]2[C@@H](O)[C@@H]1O)[C@@H](O[C@H]1O[C@H](CO)[C@@H](O)[C@H](N)[C@H]1O)[C@H](N)C[C@@H]3N. The Labute approximate surface area is 195 Å². The maximum atomic E-state index is 10.5.